The fraction of sp³-hybridized carbons (Fsp3) is 0.200. The Morgan fingerprint density at radius 3 is 2.93 bits per heavy atom. The fourth-order valence-corrected chi connectivity index (χ4v) is 2.03. The molecule has 0 atom stereocenters. The first kappa shape index (κ1) is 10.7. The first-order valence-electron chi connectivity index (χ1n) is 4.40. The van der Waals surface area contributed by atoms with E-state index in [2.05, 4.69) is 26.1 Å². The molecule has 2 rings (SSSR count). The topological polar surface area (TPSA) is 38.9 Å². The Hall–Kier alpha value is -0.810. The molecule has 0 bridgehead atoms. The zero-order valence-electron chi connectivity index (χ0n) is 8.11. The van der Waals surface area contributed by atoms with Crippen LogP contribution in [0.25, 0.3) is 0 Å². The Bertz CT molecular complexity index is 441. The van der Waals surface area contributed by atoms with Crippen molar-refractivity contribution < 1.29 is 4.52 Å². The Kier molecular flexibility index (Phi) is 3.43. The normalized spacial score (nSPS) is 10.5. The Morgan fingerprint density at radius 1 is 1.47 bits per heavy atom. The van der Waals surface area contributed by atoms with E-state index < -0.39 is 0 Å². The van der Waals surface area contributed by atoms with Gasteiger partial charge in [-0.1, -0.05) is 16.9 Å². The van der Waals surface area contributed by atoms with E-state index in [1.54, 1.807) is 18.0 Å². The van der Waals surface area contributed by atoms with E-state index in [9.17, 15) is 0 Å². The van der Waals surface area contributed by atoms with Gasteiger partial charge in [0, 0.05) is 16.7 Å². The zero-order valence-corrected chi connectivity index (χ0v) is 10.5. The van der Waals surface area contributed by atoms with Crippen LogP contribution >= 0.6 is 27.7 Å². The van der Waals surface area contributed by atoms with Crippen molar-refractivity contribution in [1.82, 2.24) is 10.1 Å². The van der Waals surface area contributed by atoms with E-state index >= 15 is 0 Å². The number of nitrogens with zero attached hydrogens (tertiary/aromatic N) is 2. The van der Waals surface area contributed by atoms with Crippen LogP contribution < -0.4 is 0 Å². The lowest BCUT2D eigenvalue weighted by Crippen LogP contribution is -1.80. The number of rotatable bonds is 3. The number of pyridine rings is 1. The molecule has 0 N–H and O–H groups in total. The van der Waals surface area contributed by atoms with E-state index in [0.29, 0.717) is 0 Å². The van der Waals surface area contributed by atoms with Gasteiger partial charge in [0.25, 0.3) is 0 Å². The van der Waals surface area contributed by atoms with Crippen LogP contribution in [0.3, 0.4) is 0 Å². The minimum Gasteiger partial charge on any atom is -0.360 e. The maximum Gasteiger partial charge on any atom is 0.147 e. The molecule has 0 spiro atoms. The van der Waals surface area contributed by atoms with Crippen LogP contribution in [-0.4, -0.2) is 10.1 Å². The van der Waals surface area contributed by atoms with Crippen molar-refractivity contribution in [2.24, 2.45) is 0 Å². The number of aryl methyl sites for hydroxylation is 1. The van der Waals surface area contributed by atoms with Gasteiger partial charge >= 0.3 is 0 Å². The molecule has 0 saturated carbocycles. The number of halogens is 1. The highest BCUT2D eigenvalue weighted by atomic mass is 79.9. The molecular formula is C10H9BrN2OS. The van der Waals surface area contributed by atoms with E-state index in [0.717, 1.165) is 26.7 Å². The van der Waals surface area contributed by atoms with Crippen molar-refractivity contribution >= 4 is 27.7 Å². The number of hydrogen-bond acceptors (Lipinski definition) is 4. The molecule has 0 unspecified atom stereocenters. The first-order valence-corrected chi connectivity index (χ1v) is 6.18. The highest BCUT2D eigenvalue weighted by Crippen LogP contribution is 2.22. The number of aromatic nitrogens is 2. The molecule has 0 saturated heterocycles. The molecule has 5 heteroatoms. The maximum atomic E-state index is 5.10. The van der Waals surface area contributed by atoms with Crippen LogP contribution in [0.5, 0.6) is 0 Å². The highest BCUT2D eigenvalue weighted by Gasteiger charge is 2.02. The molecule has 0 aliphatic carbocycles. The summed E-state index contributed by atoms with van der Waals surface area (Å²) in [7, 11) is 0. The standard InChI is InChI=1S/C10H9BrN2OS/c1-7-4-9(14-13-7)6-15-10-3-2-8(11)5-12-10/h2-5H,6H2,1H3. The summed E-state index contributed by atoms with van der Waals surface area (Å²) >= 11 is 4.97. The summed E-state index contributed by atoms with van der Waals surface area (Å²) in [6.45, 7) is 1.91. The summed E-state index contributed by atoms with van der Waals surface area (Å²) in [6, 6.07) is 5.88. The average Bonchev–Trinajstić information content (AvgIpc) is 2.64. The second-order valence-corrected chi connectivity index (χ2v) is 4.95. The third kappa shape index (κ3) is 3.07. The molecule has 0 aliphatic heterocycles. The van der Waals surface area contributed by atoms with Crippen molar-refractivity contribution in [3.05, 3.63) is 40.3 Å². The summed E-state index contributed by atoms with van der Waals surface area (Å²) in [4.78, 5) is 4.25. The van der Waals surface area contributed by atoms with Gasteiger partial charge in [0.05, 0.1) is 16.5 Å². The lowest BCUT2D eigenvalue weighted by Gasteiger charge is -1.97. The molecule has 2 aromatic rings. The summed E-state index contributed by atoms with van der Waals surface area (Å²) in [5.41, 5.74) is 0.911. The molecule has 0 aromatic carbocycles. The summed E-state index contributed by atoms with van der Waals surface area (Å²) in [5.74, 6) is 1.64. The van der Waals surface area contributed by atoms with Gasteiger partial charge < -0.3 is 4.52 Å². The maximum absolute atomic E-state index is 5.10. The minimum absolute atomic E-state index is 0.759. The Balaban J connectivity index is 1.96. The second kappa shape index (κ2) is 4.81. The first-order chi connectivity index (χ1) is 7.24. The lowest BCUT2D eigenvalue weighted by atomic mass is 10.4. The van der Waals surface area contributed by atoms with Gasteiger partial charge in [-0.15, -0.1) is 0 Å². The van der Waals surface area contributed by atoms with Gasteiger partial charge in [0.2, 0.25) is 0 Å². The molecule has 2 heterocycles. The molecule has 0 radical (unpaired) electrons. The van der Waals surface area contributed by atoms with Crippen molar-refractivity contribution in [2.75, 3.05) is 0 Å². The highest BCUT2D eigenvalue weighted by molar-refractivity contribution is 9.10. The molecule has 78 valence electrons. The van der Waals surface area contributed by atoms with Gasteiger partial charge in [-0.05, 0) is 35.0 Å². The van der Waals surface area contributed by atoms with E-state index in [4.69, 9.17) is 4.52 Å². The monoisotopic (exact) mass is 284 g/mol. The number of thioether (sulfide) groups is 1. The van der Waals surface area contributed by atoms with Crippen LogP contribution in [0.2, 0.25) is 0 Å². The molecule has 0 amide bonds. The lowest BCUT2D eigenvalue weighted by molar-refractivity contribution is 0.391. The SMILES string of the molecule is Cc1cc(CSc2ccc(Br)cn2)on1. The summed E-state index contributed by atoms with van der Waals surface area (Å²) in [6.07, 6.45) is 1.79. The molecule has 0 aliphatic rings. The Labute approximate surface area is 100 Å². The minimum atomic E-state index is 0.759. The molecule has 15 heavy (non-hydrogen) atoms. The average molecular weight is 285 g/mol. The van der Waals surface area contributed by atoms with E-state index in [-0.39, 0.29) is 0 Å². The second-order valence-electron chi connectivity index (χ2n) is 3.04. The third-order valence-corrected chi connectivity index (χ3v) is 3.17. The van der Waals surface area contributed by atoms with Gasteiger partial charge in [-0.25, -0.2) is 4.98 Å². The smallest absolute Gasteiger partial charge is 0.147 e. The number of hydrogen-bond donors (Lipinski definition) is 0. The van der Waals surface area contributed by atoms with Crippen LogP contribution in [-0.2, 0) is 5.75 Å². The van der Waals surface area contributed by atoms with Crippen LogP contribution in [0.15, 0.2) is 38.4 Å². The van der Waals surface area contributed by atoms with Crippen LogP contribution in [0.1, 0.15) is 11.5 Å². The predicted molar refractivity (Wildman–Crippen MR) is 62.7 cm³/mol. The largest absolute Gasteiger partial charge is 0.360 e. The zero-order chi connectivity index (χ0) is 10.7. The van der Waals surface area contributed by atoms with Crippen LogP contribution in [0, 0.1) is 6.92 Å². The van der Waals surface area contributed by atoms with Gasteiger partial charge in [0.1, 0.15) is 5.76 Å². The van der Waals surface area contributed by atoms with Crippen molar-refractivity contribution in [3.63, 3.8) is 0 Å². The quantitative estimate of drug-likeness (QED) is 0.810. The van der Waals surface area contributed by atoms with Gasteiger partial charge in [-0.3, -0.25) is 0 Å². The van der Waals surface area contributed by atoms with Crippen molar-refractivity contribution in [2.45, 2.75) is 17.7 Å². The third-order valence-electron chi connectivity index (χ3n) is 1.74. The Morgan fingerprint density at radius 2 is 2.33 bits per heavy atom. The van der Waals surface area contributed by atoms with Crippen LogP contribution in [0.4, 0.5) is 0 Å². The van der Waals surface area contributed by atoms with E-state index in [1.807, 2.05) is 25.1 Å². The van der Waals surface area contributed by atoms with Gasteiger partial charge in [0.15, 0.2) is 0 Å². The molecular weight excluding hydrogens is 276 g/mol. The van der Waals surface area contributed by atoms with Gasteiger partial charge in [-0.2, -0.15) is 0 Å². The molecule has 0 fully saturated rings. The fourth-order valence-electron chi connectivity index (χ4n) is 1.08. The van der Waals surface area contributed by atoms with Crippen molar-refractivity contribution in [1.29, 1.82) is 0 Å². The van der Waals surface area contributed by atoms with E-state index in [1.165, 1.54) is 0 Å². The predicted octanol–water partition coefficient (Wildman–Crippen LogP) is 3.43. The van der Waals surface area contributed by atoms with Crippen molar-refractivity contribution in [3.8, 4) is 0 Å². The summed E-state index contributed by atoms with van der Waals surface area (Å²) < 4.78 is 6.09. The molecule has 3 nitrogen and oxygen atoms in total. The summed E-state index contributed by atoms with van der Waals surface area (Å²) in [5, 5.41) is 4.81. The molecule has 2 aromatic heterocycles.